The van der Waals surface area contributed by atoms with E-state index in [1.165, 1.54) is 22.7 Å². The number of anilines is 1. The van der Waals surface area contributed by atoms with Crippen LogP contribution in [0.5, 0.6) is 5.75 Å². The summed E-state index contributed by atoms with van der Waals surface area (Å²) in [5, 5.41) is 4.49. The van der Waals surface area contributed by atoms with Crippen molar-refractivity contribution in [3.63, 3.8) is 0 Å². The zero-order valence-electron chi connectivity index (χ0n) is 16.6. The van der Waals surface area contributed by atoms with Gasteiger partial charge in [0.25, 0.3) is 15.9 Å². The molecule has 0 radical (unpaired) electrons. The molecule has 1 aromatic carbocycles. The van der Waals surface area contributed by atoms with E-state index in [-0.39, 0.29) is 16.7 Å². The largest absolute Gasteiger partial charge is 0.484 e. The summed E-state index contributed by atoms with van der Waals surface area (Å²) in [5.41, 5.74) is 2.06. The van der Waals surface area contributed by atoms with Crippen LogP contribution in [0, 0.1) is 0 Å². The molecule has 0 spiro atoms. The van der Waals surface area contributed by atoms with Gasteiger partial charge in [0.15, 0.2) is 6.61 Å². The van der Waals surface area contributed by atoms with Crippen LogP contribution in [0.1, 0.15) is 5.69 Å². The Morgan fingerprint density at radius 1 is 1.16 bits per heavy atom. The molecule has 0 aliphatic carbocycles. The molecule has 0 aliphatic rings. The number of amides is 1. The molecule has 1 N–H and O–H groups in total. The zero-order chi connectivity index (χ0) is 21.8. The second kappa shape index (κ2) is 8.78. The number of hydrogen-bond acceptors (Lipinski definition) is 6. The van der Waals surface area contributed by atoms with Crippen molar-refractivity contribution >= 4 is 38.6 Å². The molecule has 31 heavy (non-hydrogen) atoms. The SMILES string of the molecule is CN(c1ccc(OCC(=O)NCc2cn3ccccc3n2)cc1)S(=O)(=O)c1cccs1. The molecular formula is C21H20N4O4S2. The Kier molecular flexibility index (Phi) is 5.92. The summed E-state index contributed by atoms with van der Waals surface area (Å²) in [7, 11) is -2.09. The standard InChI is InChI=1S/C21H20N4O4S2/c1-24(31(27,28)21-6-4-12-30-21)17-7-9-18(10-8-17)29-15-20(26)22-13-16-14-25-11-3-2-5-19(25)23-16/h2-12,14H,13,15H2,1H3,(H,22,26). The number of imidazole rings is 1. The molecule has 4 aromatic rings. The third-order valence-electron chi connectivity index (χ3n) is 4.56. The lowest BCUT2D eigenvalue weighted by molar-refractivity contribution is -0.123. The molecule has 3 heterocycles. The van der Waals surface area contributed by atoms with Crippen LogP contribution in [0.25, 0.3) is 5.65 Å². The minimum atomic E-state index is -3.59. The fraction of sp³-hybridized carbons (Fsp3) is 0.143. The highest BCUT2D eigenvalue weighted by Crippen LogP contribution is 2.26. The lowest BCUT2D eigenvalue weighted by Crippen LogP contribution is -2.28. The maximum absolute atomic E-state index is 12.6. The normalized spacial score (nSPS) is 11.4. The summed E-state index contributed by atoms with van der Waals surface area (Å²) in [5.74, 6) is 0.187. The van der Waals surface area contributed by atoms with Gasteiger partial charge in [0.2, 0.25) is 0 Å². The van der Waals surface area contributed by atoms with Crippen LogP contribution in [0.4, 0.5) is 5.69 Å². The molecule has 0 fully saturated rings. The minimum Gasteiger partial charge on any atom is -0.484 e. The second-order valence-corrected chi connectivity index (χ2v) is 9.81. The number of hydrogen-bond donors (Lipinski definition) is 1. The van der Waals surface area contributed by atoms with Gasteiger partial charge in [0.05, 0.1) is 17.9 Å². The van der Waals surface area contributed by atoms with Crippen molar-refractivity contribution in [3.8, 4) is 5.75 Å². The van der Waals surface area contributed by atoms with Crippen molar-refractivity contribution in [2.45, 2.75) is 10.8 Å². The van der Waals surface area contributed by atoms with Gasteiger partial charge in [-0.25, -0.2) is 13.4 Å². The maximum Gasteiger partial charge on any atom is 0.273 e. The van der Waals surface area contributed by atoms with Crippen molar-refractivity contribution in [1.29, 1.82) is 0 Å². The number of benzene rings is 1. The van der Waals surface area contributed by atoms with Gasteiger partial charge in [0.1, 0.15) is 15.6 Å². The Morgan fingerprint density at radius 2 is 1.97 bits per heavy atom. The molecule has 4 rings (SSSR count). The number of sulfonamides is 1. The van der Waals surface area contributed by atoms with Crippen molar-refractivity contribution < 1.29 is 17.9 Å². The summed E-state index contributed by atoms with van der Waals surface area (Å²) >= 11 is 1.17. The van der Waals surface area contributed by atoms with Gasteiger partial charge in [-0.1, -0.05) is 12.1 Å². The first-order valence-corrected chi connectivity index (χ1v) is 11.7. The number of thiophene rings is 1. The van der Waals surface area contributed by atoms with E-state index >= 15 is 0 Å². The average molecular weight is 457 g/mol. The summed E-state index contributed by atoms with van der Waals surface area (Å²) in [6, 6.07) is 15.5. The number of aromatic nitrogens is 2. The van der Waals surface area contributed by atoms with E-state index in [1.807, 2.05) is 35.0 Å². The molecule has 0 bridgehead atoms. The smallest absolute Gasteiger partial charge is 0.273 e. The maximum atomic E-state index is 12.6. The Balaban J connectivity index is 1.30. The summed E-state index contributed by atoms with van der Waals surface area (Å²) in [4.78, 5) is 16.5. The van der Waals surface area contributed by atoms with Crippen LogP contribution in [-0.2, 0) is 21.4 Å². The first-order chi connectivity index (χ1) is 14.9. The molecular weight excluding hydrogens is 436 g/mol. The summed E-state index contributed by atoms with van der Waals surface area (Å²) in [6.07, 6.45) is 3.75. The van der Waals surface area contributed by atoms with E-state index < -0.39 is 10.0 Å². The van der Waals surface area contributed by atoms with Crippen LogP contribution in [0.15, 0.2) is 76.6 Å². The van der Waals surface area contributed by atoms with Gasteiger partial charge in [0, 0.05) is 19.4 Å². The lowest BCUT2D eigenvalue weighted by Gasteiger charge is -2.18. The first-order valence-electron chi connectivity index (χ1n) is 9.38. The van der Waals surface area contributed by atoms with E-state index in [0.717, 1.165) is 11.3 Å². The lowest BCUT2D eigenvalue weighted by atomic mass is 10.3. The number of ether oxygens (including phenoxy) is 1. The number of pyridine rings is 1. The topological polar surface area (TPSA) is 93.0 Å². The van der Waals surface area contributed by atoms with Crippen LogP contribution < -0.4 is 14.4 Å². The van der Waals surface area contributed by atoms with E-state index in [9.17, 15) is 13.2 Å². The van der Waals surface area contributed by atoms with Gasteiger partial charge in [-0.15, -0.1) is 11.3 Å². The quantitative estimate of drug-likeness (QED) is 0.440. The number of nitrogens with one attached hydrogen (secondary N) is 1. The Bertz CT molecular complexity index is 1250. The number of fused-ring (bicyclic) bond motifs is 1. The fourth-order valence-corrected chi connectivity index (χ4v) is 5.25. The van der Waals surface area contributed by atoms with E-state index in [1.54, 1.807) is 41.8 Å². The predicted molar refractivity (Wildman–Crippen MR) is 119 cm³/mol. The molecule has 10 heteroatoms. The molecule has 0 saturated carbocycles. The highest BCUT2D eigenvalue weighted by atomic mass is 32.2. The summed E-state index contributed by atoms with van der Waals surface area (Å²) in [6.45, 7) is 0.143. The van der Waals surface area contributed by atoms with Crippen molar-refractivity contribution in [1.82, 2.24) is 14.7 Å². The average Bonchev–Trinajstić information content (AvgIpc) is 3.46. The highest BCUT2D eigenvalue weighted by molar-refractivity contribution is 7.94. The molecule has 0 aliphatic heterocycles. The van der Waals surface area contributed by atoms with E-state index in [2.05, 4.69) is 10.3 Å². The molecule has 3 aromatic heterocycles. The van der Waals surface area contributed by atoms with Gasteiger partial charge >= 0.3 is 0 Å². The van der Waals surface area contributed by atoms with Gasteiger partial charge in [-0.2, -0.15) is 0 Å². The monoisotopic (exact) mass is 456 g/mol. The molecule has 0 atom stereocenters. The second-order valence-electron chi connectivity index (χ2n) is 6.66. The van der Waals surface area contributed by atoms with Crippen molar-refractivity contribution in [2.75, 3.05) is 18.0 Å². The molecule has 8 nitrogen and oxygen atoms in total. The molecule has 0 saturated heterocycles. The van der Waals surface area contributed by atoms with Gasteiger partial charge < -0.3 is 14.5 Å². The third kappa shape index (κ3) is 4.70. The van der Waals surface area contributed by atoms with Crippen LogP contribution in [-0.4, -0.2) is 37.4 Å². The van der Waals surface area contributed by atoms with Gasteiger partial charge in [-0.3, -0.25) is 9.10 Å². The Labute approximate surface area is 183 Å². The zero-order valence-corrected chi connectivity index (χ0v) is 18.3. The van der Waals surface area contributed by atoms with Crippen LogP contribution in [0.2, 0.25) is 0 Å². The van der Waals surface area contributed by atoms with Crippen molar-refractivity contribution in [3.05, 3.63) is 78.1 Å². The third-order valence-corrected chi connectivity index (χ3v) is 7.72. The van der Waals surface area contributed by atoms with E-state index in [4.69, 9.17) is 4.74 Å². The molecule has 160 valence electrons. The number of rotatable bonds is 8. The van der Waals surface area contributed by atoms with Gasteiger partial charge in [-0.05, 0) is 47.8 Å². The molecule has 1 amide bonds. The molecule has 0 unspecified atom stereocenters. The Morgan fingerprint density at radius 3 is 2.68 bits per heavy atom. The van der Waals surface area contributed by atoms with Crippen molar-refractivity contribution in [2.24, 2.45) is 0 Å². The predicted octanol–water partition coefficient (Wildman–Crippen LogP) is 2.92. The summed E-state index contributed by atoms with van der Waals surface area (Å²) < 4.78 is 34.0. The van der Waals surface area contributed by atoms with E-state index in [0.29, 0.717) is 18.0 Å². The fourth-order valence-electron chi connectivity index (χ4n) is 2.90. The van der Waals surface area contributed by atoms with Crippen LogP contribution in [0.3, 0.4) is 0 Å². The van der Waals surface area contributed by atoms with Crippen LogP contribution >= 0.6 is 11.3 Å². The first kappa shape index (κ1) is 20.9. The number of carbonyl (C=O) groups is 1. The minimum absolute atomic E-state index is 0.157. The number of carbonyl (C=O) groups excluding carboxylic acids is 1. The number of nitrogens with zero attached hydrogens (tertiary/aromatic N) is 3. The Hall–Kier alpha value is -3.37. The highest BCUT2D eigenvalue weighted by Gasteiger charge is 2.22.